The van der Waals surface area contributed by atoms with Crippen molar-refractivity contribution in [2.75, 3.05) is 11.9 Å². The molecule has 1 aromatic carbocycles. The molecule has 0 spiro atoms. The SMILES string of the molecule is C=C(C)CNc1ccc(Br)cc1CC. The zero-order valence-electron chi connectivity index (χ0n) is 8.73. The minimum atomic E-state index is 0.842. The van der Waals surface area contributed by atoms with Crippen LogP contribution in [0.15, 0.2) is 34.8 Å². The molecule has 0 atom stereocenters. The highest BCUT2D eigenvalue weighted by molar-refractivity contribution is 9.10. The molecule has 76 valence electrons. The minimum absolute atomic E-state index is 0.842. The number of aryl methyl sites for hydroxylation is 1. The smallest absolute Gasteiger partial charge is 0.0375 e. The zero-order chi connectivity index (χ0) is 10.6. The Kier molecular flexibility index (Phi) is 4.21. The van der Waals surface area contributed by atoms with Crippen molar-refractivity contribution >= 4 is 21.6 Å². The van der Waals surface area contributed by atoms with Crippen molar-refractivity contribution in [2.45, 2.75) is 20.3 Å². The van der Waals surface area contributed by atoms with Gasteiger partial charge in [-0.25, -0.2) is 0 Å². The fraction of sp³-hybridized carbons (Fsp3) is 0.333. The molecule has 0 heterocycles. The number of nitrogens with one attached hydrogen (secondary N) is 1. The molecular formula is C12H16BrN. The summed E-state index contributed by atoms with van der Waals surface area (Å²) < 4.78 is 1.13. The Bertz CT molecular complexity index is 331. The third-order valence-corrected chi connectivity index (χ3v) is 2.52. The van der Waals surface area contributed by atoms with E-state index in [9.17, 15) is 0 Å². The zero-order valence-corrected chi connectivity index (χ0v) is 10.3. The summed E-state index contributed by atoms with van der Waals surface area (Å²) in [6, 6.07) is 6.31. The fourth-order valence-electron chi connectivity index (χ4n) is 1.27. The number of hydrogen-bond acceptors (Lipinski definition) is 1. The van der Waals surface area contributed by atoms with E-state index in [1.54, 1.807) is 0 Å². The molecular weight excluding hydrogens is 238 g/mol. The lowest BCUT2D eigenvalue weighted by Gasteiger charge is -2.11. The van der Waals surface area contributed by atoms with Gasteiger partial charge in [0.2, 0.25) is 0 Å². The first-order valence-electron chi connectivity index (χ1n) is 4.80. The molecule has 1 rings (SSSR count). The van der Waals surface area contributed by atoms with Gasteiger partial charge in [-0.1, -0.05) is 35.0 Å². The largest absolute Gasteiger partial charge is 0.381 e. The second kappa shape index (κ2) is 5.20. The minimum Gasteiger partial charge on any atom is -0.381 e. The van der Waals surface area contributed by atoms with Gasteiger partial charge >= 0.3 is 0 Å². The first kappa shape index (κ1) is 11.3. The summed E-state index contributed by atoms with van der Waals surface area (Å²) in [5.74, 6) is 0. The van der Waals surface area contributed by atoms with Gasteiger partial charge in [-0.05, 0) is 37.1 Å². The monoisotopic (exact) mass is 253 g/mol. The molecule has 0 aromatic heterocycles. The van der Waals surface area contributed by atoms with E-state index >= 15 is 0 Å². The van der Waals surface area contributed by atoms with Crippen molar-refractivity contribution in [3.8, 4) is 0 Å². The van der Waals surface area contributed by atoms with Crippen molar-refractivity contribution in [3.05, 3.63) is 40.4 Å². The highest BCUT2D eigenvalue weighted by Crippen LogP contribution is 2.21. The van der Waals surface area contributed by atoms with Crippen molar-refractivity contribution in [1.82, 2.24) is 0 Å². The van der Waals surface area contributed by atoms with Crippen LogP contribution >= 0.6 is 15.9 Å². The quantitative estimate of drug-likeness (QED) is 0.801. The molecule has 0 amide bonds. The van der Waals surface area contributed by atoms with Crippen LogP contribution in [-0.2, 0) is 6.42 Å². The van der Waals surface area contributed by atoms with E-state index in [-0.39, 0.29) is 0 Å². The summed E-state index contributed by atoms with van der Waals surface area (Å²) in [6.07, 6.45) is 1.04. The molecule has 0 unspecified atom stereocenters. The first-order valence-corrected chi connectivity index (χ1v) is 5.59. The Morgan fingerprint density at radius 3 is 2.79 bits per heavy atom. The molecule has 0 saturated carbocycles. The van der Waals surface area contributed by atoms with E-state index in [4.69, 9.17) is 0 Å². The number of anilines is 1. The van der Waals surface area contributed by atoms with Crippen LogP contribution in [0.4, 0.5) is 5.69 Å². The summed E-state index contributed by atoms with van der Waals surface area (Å²) in [4.78, 5) is 0. The second-order valence-corrected chi connectivity index (χ2v) is 4.38. The van der Waals surface area contributed by atoms with Crippen LogP contribution < -0.4 is 5.32 Å². The van der Waals surface area contributed by atoms with Crippen LogP contribution in [0.3, 0.4) is 0 Å². The predicted octanol–water partition coefficient (Wildman–Crippen LogP) is 4.00. The highest BCUT2D eigenvalue weighted by Gasteiger charge is 2.00. The fourth-order valence-corrected chi connectivity index (χ4v) is 1.68. The van der Waals surface area contributed by atoms with E-state index in [2.05, 4.69) is 52.9 Å². The van der Waals surface area contributed by atoms with E-state index in [0.29, 0.717) is 0 Å². The molecule has 0 aliphatic carbocycles. The maximum absolute atomic E-state index is 3.87. The van der Waals surface area contributed by atoms with Gasteiger partial charge in [0, 0.05) is 16.7 Å². The topological polar surface area (TPSA) is 12.0 Å². The van der Waals surface area contributed by atoms with Crippen LogP contribution in [0.25, 0.3) is 0 Å². The van der Waals surface area contributed by atoms with Crippen molar-refractivity contribution in [1.29, 1.82) is 0 Å². The molecule has 0 bridgehead atoms. The summed E-state index contributed by atoms with van der Waals surface area (Å²) in [5, 5.41) is 3.37. The van der Waals surface area contributed by atoms with Gasteiger partial charge < -0.3 is 5.32 Å². The molecule has 1 N–H and O–H groups in total. The lowest BCUT2D eigenvalue weighted by atomic mass is 10.1. The molecule has 0 fully saturated rings. The second-order valence-electron chi connectivity index (χ2n) is 3.47. The molecule has 1 nitrogen and oxygen atoms in total. The van der Waals surface area contributed by atoms with Gasteiger partial charge in [0.25, 0.3) is 0 Å². The van der Waals surface area contributed by atoms with E-state index < -0.39 is 0 Å². The summed E-state index contributed by atoms with van der Waals surface area (Å²) >= 11 is 3.47. The van der Waals surface area contributed by atoms with Crippen molar-refractivity contribution in [2.24, 2.45) is 0 Å². The summed E-state index contributed by atoms with van der Waals surface area (Å²) in [5.41, 5.74) is 3.69. The lowest BCUT2D eigenvalue weighted by molar-refractivity contribution is 1.11. The maximum Gasteiger partial charge on any atom is 0.0375 e. The molecule has 2 heteroatoms. The van der Waals surface area contributed by atoms with Crippen molar-refractivity contribution in [3.63, 3.8) is 0 Å². The van der Waals surface area contributed by atoms with Gasteiger partial charge in [0.05, 0.1) is 0 Å². The third-order valence-electron chi connectivity index (χ3n) is 2.03. The van der Waals surface area contributed by atoms with Gasteiger partial charge in [-0.15, -0.1) is 0 Å². The average Bonchev–Trinajstić information content (AvgIpc) is 2.15. The van der Waals surface area contributed by atoms with E-state index in [1.807, 2.05) is 6.92 Å². The number of benzene rings is 1. The number of halogens is 1. The van der Waals surface area contributed by atoms with Crippen LogP contribution in [0, 0.1) is 0 Å². The third kappa shape index (κ3) is 3.18. The molecule has 0 radical (unpaired) electrons. The molecule has 0 aliphatic rings. The molecule has 1 aromatic rings. The normalized spacial score (nSPS) is 9.93. The predicted molar refractivity (Wildman–Crippen MR) is 66.8 cm³/mol. The van der Waals surface area contributed by atoms with Crippen LogP contribution in [0.5, 0.6) is 0 Å². The Labute approximate surface area is 94.3 Å². The Balaban J connectivity index is 2.80. The Morgan fingerprint density at radius 1 is 1.50 bits per heavy atom. The van der Waals surface area contributed by atoms with Gasteiger partial charge in [0.15, 0.2) is 0 Å². The number of rotatable bonds is 4. The first-order chi connectivity index (χ1) is 6.63. The van der Waals surface area contributed by atoms with Crippen molar-refractivity contribution < 1.29 is 0 Å². The van der Waals surface area contributed by atoms with Crippen LogP contribution in [0.1, 0.15) is 19.4 Å². The van der Waals surface area contributed by atoms with Gasteiger partial charge in [-0.2, -0.15) is 0 Å². The standard InChI is InChI=1S/C12H16BrN/c1-4-10-7-11(13)5-6-12(10)14-8-9(2)3/h5-7,14H,2,4,8H2,1,3H3. The van der Waals surface area contributed by atoms with Crippen LogP contribution in [0.2, 0.25) is 0 Å². The summed E-state index contributed by atoms with van der Waals surface area (Å²) in [6.45, 7) is 8.90. The van der Waals surface area contributed by atoms with E-state index in [0.717, 1.165) is 23.0 Å². The van der Waals surface area contributed by atoms with E-state index in [1.165, 1.54) is 11.3 Å². The summed E-state index contributed by atoms with van der Waals surface area (Å²) in [7, 11) is 0. The number of hydrogen-bond donors (Lipinski definition) is 1. The molecule has 0 saturated heterocycles. The Morgan fingerprint density at radius 2 is 2.21 bits per heavy atom. The average molecular weight is 254 g/mol. The van der Waals surface area contributed by atoms with Gasteiger partial charge in [0.1, 0.15) is 0 Å². The maximum atomic E-state index is 3.87. The molecule has 14 heavy (non-hydrogen) atoms. The van der Waals surface area contributed by atoms with Gasteiger partial charge in [-0.3, -0.25) is 0 Å². The lowest BCUT2D eigenvalue weighted by Crippen LogP contribution is -2.04. The molecule has 0 aliphatic heterocycles. The highest BCUT2D eigenvalue weighted by atomic mass is 79.9. The Hall–Kier alpha value is -0.760. The van der Waals surface area contributed by atoms with Crippen LogP contribution in [-0.4, -0.2) is 6.54 Å².